The predicted molar refractivity (Wildman–Crippen MR) is 99.9 cm³/mol. The lowest BCUT2D eigenvalue weighted by atomic mass is 9.95. The van der Waals surface area contributed by atoms with Gasteiger partial charge in [0.2, 0.25) is 11.8 Å². The van der Waals surface area contributed by atoms with Gasteiger partial charge in [0.15, 0.2) is 0 Å². The van der Waals surface area contributed by atoms with E-state index in [1.807, 2.05) is 38.1 Å². The molecule has 0 saturated heterocycles. The number of ether oxygens (including phenoxy) is 1. The average molecular weight is 346 g/mol. The molecule has 1 aliphatic rings. The van der Waals surface area contributed by atoms with Gasteiger partial charge < -0.3 is 15.0 Å². The fraction of sp³-hybridized carbons (Fsp3) is 0.600. The zero-order chi connectivity index (χ0) is 18.2. The van der Waals surface area contributed by atoms with Gasteiger partial charge in [-0.15, -0.1) is 0 Å². The van der Waals surface area contributed by atoms with Gasteiger partial charge in [0.05, 0.1) is 11.8 Å². The molecule has 0 aliphatic heterocycles. The molecule has 25 heavy (non-hydrogen) atoms. The van der Waals surface area contributed by atoms with Crippen molar-refractivity contribution < 1.29 is 14.3 Å². The van der Waals surface area contributed by atoms with Crippen LogP contribution in [0.2, 0.25) is 0 Å². The van der Waals surface area contributed by atoms with E-state index in [1.54, 1.807) is 4.90 Å². The van der Waals surface area contributed by atoms with E-state index in [0.717, 1.165) is 12.8 Å². The number of anilines is 1. The fourth-order valence-corrected chi connectivity index (χ4v) is 3.24. The van der Waals surface area contributed by atoms with Crippen LogP contribution in [0.25, 0.3) is 0 Å². The van der Waals surface area contributed by atoms with E-state index in [0.29, 0.717) is 30.4 Å². The molecule has 1 aromatic rings. The number of carbonyl (C=O) groups is 2. The second-order valence-corrected chi connectivity index (χ2v) is 6.96. The maximum absolute atomic E-state index is 12.3. The van der Waals surface area contributed by atoms with Crippen LogP contribution < -0.4 is 15.0 Å². The molecular weight excluding hydrogens is 316 g/mol. The van der Waals surface area contributed by atoms with Gasteiger partial charge in [-0.3, -0.25) is 9.59 Å². The maximum atomic E-state index is 12.3. The molecule has 1 N–H and O–H groups in total. The minimum atomic E-state index is -0.0923. The van der Waals surface area contributed by atoms with Crippen LogP contribution >= 0.6 is 0 Å². The third-order valence-electron chi connectivity index (χ3n) is 4.43. The first-order valence-corrected chi connectivity index (χ1v) is 9.30. The van der Waals surface area contributed by atoms with E-state index in [9.17, 15) is 9.59 Å². The lowest BCUT2D eigenvalue weighted by Gasteiger charge is -2.26. The summed E-state index contributed by atoms with van der Waals surface area (Å²) < 4.78 is 5.81. The molecular formula is C20H30N2O3. The van der Waals surface area contributed by atoms with Crippen molar-refractivity contribution in [1.82, 2.24) is 5.32 Å². The van der Waals surface area contributed by atoms with Crippen molar-refractivity contribution in [2.24, 2.45) is 0 Å². The molecule has 1 fully saturated rings. The number of nitrogens with one attached hydrogen (secondary N) is 1. The Morgan fingerprint density at radius 2 is 1.88 bits per heavy atom. The Bertz CT molecular complexity index is 580. The Morgan fingerprint density at radius 3 is 2.52 bits per heavy atom. The number of para-hydroxylation sites is 2. The number of rotatable bonds is 7. The van der Waals surface area contributed by atoms with Crippen LogP contribution in [-0.4, -0.2) is 30.5 Å². The molecule has 0 aromatic heterocycles. The van der Waals surface area contributed by atoms with Gasteiger partial charge in [-0.25, -0.2) is 0 Å². The Kier molecular flexibility index (Phi) is 7.29. The molecule has 5 nitrogen and oxygen atoms in total. The third-order valence-corrected chi connectivity index (χ3v) is 4.43. The summed E-state index contributed by atoms with van der Waals surface area (Å²) in [4.78, 5) is 26.0. The molecule has 0 atom stereocenters. The minimum Gasteiger partial charge on any atom is -0.489 e. The van der Waals surface area contributed by atoms with Gasteiger partial charge in [0.25, 0.3) is 0 Å². The van der Waals surface area contributed by atoms with E-state index in [-0.39, 0.29) is 17.9 Å². The van der Waals surface area contributed by atoms with Crippen molar-refractivity contribution in [2.45, 2.75) is 71.4 Å². The smallest absolute Gasteiger partial charge is 0.223 e. The fourth-order valence-electron chi connectivity index (χ4n) is 3.24. The second kappa shape index (κ2) is 9.44. The number of amides is 2. The van der Waals surface area contributed by atoms with Crippen molar-refractivity contribution in [3.8, 4) is 5.75 Å². The molecule has 1 aliphatic carbocycles. The number of carbonyl (C=O) groups excluding carboxylic acids is 2. The van der Waals surface area contributed by atoms with Gasteiger partial charge in [0, 0.05) is 25.9 Å². The standard InChI is InChI=1S/C20H30N2O3/c1-15(2)25-19-12-8-7-11-18(19)22(16(3)23)14-13-20(24)21-17-9-5-4-6-10-17/h7-8,11-12,15,17H,4-6,9-10,13-14H2,1-3H3,(H,21,24). The van der Waals surface area contributed by atoms with E-state index in [2.05, 4.69) is 5.32 Å². The van der Waals surface area contributed by atoms with E-state index < -0.39 is 0 Å². The Balaban J connectivity index is 1.99. The summed E-state index contributed by atoms with van der Waals surface area (Å²) in [7, 11) is 0. The molecule has 2 rings (SSSR count). The highest BCUT2D eigenvalue weighted by Gasteiger charge is 2.20. The van der Waals surface area contributed by atoms with Crippen LogP contribution in [0, 0.1) is 0 Å². The minimum absolute atomic E-state index is 0.0143. The van der Waals surface area contributed by atoms with Crippen molar-refractivity contribution >= 4 is 17.5 Å². The van der Waals surface area contributed by atoms with Crippen molar-refractivity contribution in [2.75, 3.05) is 11.4 Å². The molecule has 1 aromatic carbocycles. The first kappa shape index (κ1) is 19.3. The third kappa shape index (κ3) is 6.07. The van der Waals surface area contributed by atoms with Gasteiger partial charge in [-0.2, -0.15) is 0 Å². The lowest BCUT2D eigenvalue weighted by Crippen LogP contribution is -2.39. The molecule has 138 valence electrons. The normalized spacial score (nSPS) is 15.0. The average Bonchev–Trinajstić information content (AvgIpc) is 2.56. The summed E-state index contributed by atoms with van der Waals surface area (Å²) in [5.74, 6) is 0.589. The number of hydrogen-bond acceptors (Lipinski definition) is 3. The molecule has 0 radical (unpaired) electrons. The number of hydrogen-bond donors (Lipinski definition) is 1. The van der Waals surface area contributed by atoms with Crippen molar-refractivity contribution in [3.63, 3.8) is 0 Å². The van der Waals surface area contributed by atoms with Crippen molar-refractivity contribution in [1.29, 1.82) is 0 Å². The predicted octanol–water partition coefficient (Wildman–Crippen LogP) is 3.67. The topological polar surface area (TPSA) is 58.6 Å². The van der Waals surface area contributed by atoms with E-state index in [4.69, 9.17) is 4.74 Å². The van der Waals surface area contributed by atoms with Crippen LogP contribution in [-0.2, 0) is 9.59 Å². The van der Waals surface area contributed by atoms with Crippen LogP contribution in [0.5, 0.6) is 5.75 Å². The van der Waals surface area contributed by atoms with E-state index >= 15 is 0 Å². The summed E-state index contributed by atoms with van der Waals surface area (Å²) in [6.07, 6.45) is 6.07. The van der Waals surface area contributed by atoms with Gasteiger partial charge in [0.1, 0.15) is 5.75 Å². The quantitative estimate of drug-likeness (QED) is 0.819. The first-order chi connectivity index (χ1) is 12.0. The van der Waals surface area contributed by atoms with Gasteiger partial charge in [-0.1, -0.05) is 31.4 Å². The zero-order valence-corrected chi connectivity index (χ0v) is 15.6. The second-order valence-electron chi connectivity index (χ2n) is 6.96. The number of nitrogens with zero attached hydrogens (tertiary/aromatic N) is 1. The highest BCUT2D eigenvalue weighted by atomic mass is 16.5. The molecule has 0 unspecified atom stereocenters. The largest absolute Gasteiger partial charge is 0.489 e. The highest BCUT2D eigenvalue weighted by Crippen LogP contribution is 2.29. The molecule has 5 heteroatoms. The molecule has 0 bridgehead atoms. The van der Waals surface area contributed by atoms with Crippen LogP contribution in [0.15, 0.2) is 24.3 Å². The SMILES string of the molecule is CC(=O)N(CCC(=O)NC1CCCCC1)c1ccccc1OC(C)C. The molecule has 1 saturated carbocycles. The molecule has 0 heterocycles. The van der Waals surface area contributed by atoms with Crippen LogP contribution in [0.1, 0.15) is 59.3 Å². The summed E-state index contributed by atoms with van der Waals surface area (Å²) in [5, 5.41) is 3.10. The lowest BCUT2D eigenvalue weighted by molar-refractivity contribution is -0.121. The summed E-state index contributed by atoms with van der Waals surface area (Å²) in [6, 6.07) is 7.77. The first-order valence-electron chi connectivity index (χ1n) is 9.30. The maximum Gasteiger partial charge on any atom is 0.223 e. The van der Waals surface area contributed by atoms with Crippen LogP contribution in [0.3, 0.4) is 0 Å². The molecule has 2 amide bonds. The summed E-state index contributed by atoms with van der Waals surface area (Å²) in [5.41, 5.74) is 0.717. The summed E-state index contributed by atoms with van der Waals surface area (Å²) in [6.45, 7) is 5.77. The molecule has 0 spiro atoms. The summed E-state index contributed by atoms with van der Waals surface area (Å²) >= 11 is 0. The number of benzene rings is 1. The van der Waals surface area contributed by atoms with Crippen molar-refractivity contribution in [3.05, 3.63) is 24.3 Å². The zero-order valence-electron chi connectivity index (χ0n) is 15.6. The van der Waals surface area contributed by atoms with Crippen LogP contribution in [0.4, 0.5) is 5.69 Å². The highest BCUT2D eigenvalue weighted by molar-refractivity contribution is 5.93. The van der Waals surface area contributed by atoms with Gasteiger partial charge >= 0.3 is 0 Å². The van der Waals surface area contributed by atoms with E-state index in [1.165, 1.54) is 26.2 Å². The van der Waals surface area contributed by atoms with Gasteiger partial charge in [-0.05, 0) is 38.8 Å². The monoisotopic (exact) mass is 346 g/mol. The Hall–Kier alpha value is -2.04. The Labute approximate surface area is 150 Å². The Morgan fingerprint density at radius 1 is 1.20 bits per heavy atom.